The zero-order chi connectivity index (χ0) is 22.8. The van der Waals surface area contributed by atoms with E-state index in [0.29, 0.717) is 36.7 Å². The summed E-state index contributed by atoms with van der Waals surface area (Å²) in [4.78, 5) is 50.9. The Hall–Kier alpha value is -2.46. The number of carbonyl (C=O) groups is 4. The molecule has 10 nitrogen and oxygen atoms in total. The number of carboxylic acid groups (broad SMARTS) is 1. The van der Waals surface area contributed by atoms with E-state index >= 15 is 0 Å². The lowest BCUT2D eigenvalue weighted by molar-refractivity contribution is -0.145. The average molecular weight is 439 g/mol. The molecule has 2 rings (SSSR count). The van der Waals surface area contributed by atoms with E-state index in [0.717, 1.165) is 32.4 Å². The smallest absolute Gasteiger partial charge is 0.431 e. The molecule has 31 heavy (non-hydrogen) atoms. The van der Waals surface area contributed by atoms with Gasteiger partial charge in [0.25, 0.3) is 5.91 Å². The van der Waals surface area contributed by atoms with E-state index in [1.54, 1.807) is 4.90 Å². The van der Waals surface area contributed by atoms with Crippen molar-refractivity contribution in [1.82, 2.24) is 20.7 Å². The van der Waals surface area contributed by atoms with Crippen LogP contribution in [-0.4, -0.2) is 77.7 Å². The number of imide groups is 1. The van der Waals surface area contributed by atoms with Crippen LogP contribution in [0.4, 0.5) is 4.79 Å². The summed E-state index contributed by atoms with van der Waals surface area (Å²) in [7, 11) is 0. The van der Waals surface area contributed by atoms with Gasteiger partial charge in [0, 0.05) is 19.5 Å². The zero-order valence-corrected chi connectivity index (χ0v) is 18.2. The first-order valence-electron chi connectivity index (χ1n) is 10.9. The molecule has 3 amide bonds. The van der Waals surface area contributed by atoms with Gasteiger partial charge in [-0.1, -0.05) is 12.7 Å². The highest BCUT2D eigenvalue weighted by Crippen LogP contribution is 2.22. The topological polar surface area (TPSA) is 128 Å². The maximum atomic E-state index is 13.0. The van der Waals surface area contributed by atoms with Gasteiger partial charge >= 0.3 is 12.1 Å². The first kappa shape index (κ1) is 24.8. The number of piperidine rings is 2. The average Bonchev–Trinajstić information content (AvgIpc) is 2.79. The molecular weight excluding hydrogens is 404 g/mol. The Kier molecular flexibility index (Phi) is 9.93. The Morgan fingerprint density at radius 2 is 2.00 bits per heavy atom. The maximum Gasteiger partial charge on any atom is 0.431 e. The van der Waals surface area contributed by atoms with Gasteiger partial charge in [0.05, 0.1) is 5.92 Å². The van der Waals surface area contributed by atoms with Crippen LogP contribution in [-0.2, 0) is 19.1 Å². The molecule has 174 valence electrons. The Morgan fingerprint density at radius 3 is 2.65 bits per heavy atom. The second-order valence-electron chi connectivity index (χ2n) is 8.14. The largest absolute Gasteiger partial charge is 0.480 e. The normalized spacial score (nSPS) is 20.5. The molecule has 0 aromatic rings. The molecule has 0 saturated carbocycles. The number of hydrogen-bond donors (Lipinski definition) is 3. The van der Waals surface area contributed by atoms with Gasteiger partial charge < -0.3 is 20.1 Å². The van der Waals surface area contributed by atoms with E-state index in [9.17, 15) is 19.2 Å². The number of hydrogen-bond acceptors (Lipinski definition) is 7. The zero-order valence-electron chi connectivity index (χ0n) is 18.2. The number of nitrogens with zero attached hydrogens (tertiary/aromatic N) is 2. The second-order valence-corrected chi connectivity index (χ2v) is 8.14. The Labute approximate surface area is 182 Å². The van der Waals surface area contributed by atoms with Gasteiger partial charge in [0.1, 0.15) is 12.6 Å². The molecule has 3 N–H and O–H groups in total. The van der Waals surface area contributed by atoms with E-state index in [1.165, 1.54) is 13.0 Å². The quantitative estimate of drug-likeness (QED) is 0.361. The summed E-state index contributed by atoms with van der Waals surface area (Å²) in [6, 6.07) is -1.17. The number of carboxylic acids is 1. The highest BCUT2D eigenvalue weighted by atomic mass is 16.6. The Morgan fingerprint density at radius 1 is 1.29 bits per heavy atom. The Bertz CT molecular complexity index is 664. The molecule has 0 spiro atoms. The molecule has 2 aliphatic rings. The molecule has 10 heteroatoms. The summed E-state index contributed by atoms with van der Waals surface area (Å²) in [6.07, 6.45) is 4.94. The Balaban J connectivity index is 1.97. The van der Waals surface area contributed by atoms with Crippen LogP contribution in [0.25, 0.3) is 0 Å². The fourth-order valence-electron chi connectivity index (χ4n) is 3.89. The molecule has 0 bridgehead atoms. The first-order chi connectivity index (χ1) is 14.8. The van der Waals surface area contributed by atoms with Crippen LogP contribution in [0.5, 0.6) is 0 Å². The highest BCUT2D eigenvalue weighted by molar-refractivity contribution is 5.93. The van der Waals surface area contributed by atoms with Gasteiger partial charge in [0.2, 0.25) is 5.91 Å². The molecule has 2 aliphatic heterocycles. The van der Waals surface area contributed by atoms with Crippen molar-refractivity contribution < 1.29 is 29.0 Å². The minimum Gasteiger partial charge on any atom is -0.480 e. The van der Waals surface area contributed by atoms with Crippen LogP contribution in [0.2, 0.25) is 0 Å². The van der Waals surface area contributed by atoms with Gasteiger partial charge in [-0.25, -0.2) is 10.2 Å². The standard InChI is InChI=1S/C21H34N4O6/c1-3-13-31-21(30)25(23-15(2)20(28)29)19(27)17-5-4-12-24(14-17)18(26)7-6-16-8-10-22-11-9-16/h3,15-17,22-23H,1,4-14H2,2H3,(H,28,29)/t15-,17+/m0/s1. The van der Waals surface area contributed by atoms with Crippen LogP contribution in [0.1, 0.15) is 45.4 Å². The number of amides is 3. The SMILES string of the molecule is C=CCOC(=O)N(N[C@@H](C)C(=O)O)C(=O)[C@@H]1CCCN(C(=O)CCC2CCNCC2)C1. The number of aliphatic carboxylic acids is 1. The number of likely N-dealkylation sites (tertiary alicyclic amines) is 1. The van der Waals surface area contributed by atoms with Gasteiger partial charge in [-0.05, 0) is 58.0 Å². The molecule has 0 unspecified atom stereocenters. The number of carbonyl (C=O) groups excluding carboxylic acids is 3. The summed E-state index contributed by atoms with van der Waals surface area (Å²) in [6.45, 7) is 7.41. The van der Waals surface area contributed by atoms with E-state index in [4.69, 9.17) is 9.84 Å². The van der Waals surface area contributed by atoms with Crippen LogP contribution < -0.4 is 10.7 Å². The highest BCUT2D eigenvalue weighted by Gasteiger charge is 2.36. The van der Waals surface area contributed by atoms with Crippen molar-refractivity contribution in [3.05, 3.63) is 12.7 Å². The van der Waals surface area contributed by atoms with Crippen molar-refractivity contribution in [2.24, 2.45) is 11.8 Å². The van der Waals surface area contributed by atoms with Crippen molar-refractivity contribution in [2.75, 3.05) is 32.8 Å². The summed E-state index contributed by atoms with van der Waals surface area (Å²) >= 11 is 0. The van der Waals surface area contributed by atoms with Crippen molar-refractivity contribution in [2.45, 2.75) is 51.5 Å². The maximum absolute atomic E-state index is 13.0. The molecule has 2 fully saturated rings. The third-order valence-electron chi connectivity index (χ3n) is 5.77. The van der Waals surface area contributed by atoms with Crippen molar-refractivity contribution in [3.8, 4) is 0 Å². The van der Waals surface area contributed by atoms with Crippen molar-refractivity contribution in [3.63, 3.8) is 0 Å². The van der Waals surface area contributed by atoms with Gasteiger partial charge in [-0.15, -0.1) is 0 Å². The summed E-state index contributed by atoms with van der Waals surface area (Å²) in [5.74, 6) is -1.86. The number of rotatable bonds is 9. The molecule has 0 aromatic carbocycles. The van der Waals surface area contributed by atoms with Crippen LogP contribution in [0.15, 0.2) is 12.7 Å². The summed E-state index contributed by atoms with van der Waals surface area (Å²) in [5.41, 5.74) is 2.40. The lowest BCUT2D eigenvalue weighted by atomic mass is 9.92. The summed E-state index contributed by atoms with van der Waals surface area (Å²) in [5, 5.41) is 13.1. The fraction of sp³-hybridized carbons (Fsp3) is 0.714. The van der Waals surface area contributed by atoms with Gasteiger partial charge in [-0.2, -0.15) is 5.01 Å². The van der Waals surface area contributed by atoms with Crippen LogP contribution in [0, 0.1) is 11.8 Å². The summed E-state index contributed by atoms with van der Waals surface area (Å²) < 4.78 is 4.93. The van der Waals surface area contributed by atoms with Gasteiger partial charge in [0.15, 0.2) is 0 Å². The van der Waals surface area contributed by atoms with E-state index in [2.05, 4.69) is 17.3 Å². The lowest BCUT2D eigenvalue weighted by Gasteiger charge is -2.35. The molecule has 2 heterocycles. The lowest BCUT2D eigenvalue weighted by Crippen LogP contribution is -2.57. The van der Waals surface area contributed by atoms with Crippen LogP contribution >= 0.6 is 0 Å². The second kappa shape index (κ2) is 12.4. The first-order valence-corrected chi connectivity index (χ1v) is 10.9. The number of hydrazine groups is 1. The molecule has 0 radical (unpaired) electrons. The third kappa shape index (κ3) is 7.62. The molecule has 0 aliphatic carbocycles. The minimum absolute atomic E-state index is 0.0173. The van der Waals surface area contributed by atoms with Crippen molar-refractivity contribution >= 4 is 23.9 Å². The predicted molar refractivity (Wildman–Crippen MR) is 113 cm³/mol. The van der Waals surface area contributed by atoms with E-state index < -0.39 is 29.9 Å². The molecule has 2 saturated heterocycles. The van der Waals surface area contributed by atoms with Crippen LogP contribution in [0.3, 0.4) is 0 Å². The fourth-order valence-corrected chi connectivity index (χ4v) is 3.89. The molecule has 2 atom stereocenters. The predicted octanol–water partition coefficient (Wildman–Crippen LogP) is 1.13. The van der Waals surface area contributed by atoms with E-state index in [1.807, 2.05) is 0 Å². The third-order valence-corrected chi connectivity index (χ3v) is 5.77. The van der Waals surface area contributed by atoms with Gasteiger partial charge in [-0.3, -0.25) is 14.4 Å². The monoisotopic (exact) mass is 438 g/mol. The molecular formula is C21H34N4O6. The minimum atomic E-state index is -1.22. The van der Waals surface area contributed by atoms with Crippen molar-refractivity contribution in [1.29, 1.82) is 0 Å². The number of ether oxygens (including phenoxy) is 1. The van der Waals surface area contributed by atoms with E-state index in [-0.39, 0.29) is 19.1 Å². The number of nitrogens with one attached hydrogen (secondary N) is 2. The molecule has 0 aromatic heterocycles.